The van der Waals surface area contributed by atoms with Gasteiger partial charge < -0.3 is 14.8 Å². The second kappa shape index (κ2) is 5.18. The van der Waals surface area contributed by atoms with Crippen molar-refractivity contribution in [2.45, 2.75) is 18.9 Å². The van der Waals surface area contributed by atoms with E-state index in [-0.39, 0.29) is 0 Å². The van der Waals surface area contributed by atoms with Gasteiger partial charge in [0.2, 0.25) is 0 Å². The minimum absolute atomic E-state index is 0.506. The second-order valence-electron chi connectivity index (χ2n) is 5.65. The maximum Gasteiger partial charge on any atom is 0.125 e. The second-order valence-corrected chi connectivity index (χ2v) is 5.65. The zero-order chi connectivity index (χ0) is 14.1. The van der Waals surface area contributed by atoms with Crippen molar-refractivity contribution in [3.63, 3.8) is 0 Å². The molecule has 0 unspecified atom stereocenters. The molecule has 0 amide bonds. The van der Waals surface area contributed by atoms with Crippen LogP contribution in [-0.2, 0) is 0 Å². The van der Waals surface area contributed by atoms with Crippen molar-refractivity contribution in [3.05, 3.63) is 29.8 Å². The van der Waals surface area contributed by atoms with E-state index >= 15 is 0 Å². The fourth-order valence-corrected chi connectivity index (χ4v) is 3.07. The Kier molecular flexibility index (Phi) is 3.37. The minimum atomic E-state index is 0.506. The predicted octanol–water partition coefficient (Wildman–Crippen LogP) is 2.57. The lowest BCUT2D eigenvalue weighted by Gasteiger charge is -2.35. The molecule has 1 aliphatic rings. The number of fused-ring (bicyclic) bond motifs is 1. The van der Waals surface area contributed by atoms with E-state index < -0.39 is 0 Å². The highest BCUT2D eigenvalue weighted by atomic mass is 15.2. The number of anilines is 1. The van der Waals surface area contributed by atoms with Crippen LogP contribution in [0.25, 0.3) is 10.9 Å². The fourth-order valence-electron chi connectivity index (χ4n) is 3.07. The first kappa shape index (κ1) is 13.0. The van der Waals surface area contributed by atoms with Crippen LogP contribution in [0, 0.1) is 11.3 Å². The van der Waals surface area contributed by atoms with Gasteiger partial charge in [-0.05, 0) is 39.0 Å². The summed E-state index contributed by atoms with van der Waals surface area (Å²) < 4.78 is 0. The normalized spacial score (nSPS) is 17.2. The molecule has 1 fully saturated rings. The Labute approximate surface area is 119 Å². The number of hydrogen-bond acceptors (Lipinski definition) is 3. The Hall–Kier alpha value is -1.99. The topological polar surface area (TPSA) is 46.1 Å². The monoisotopic (exact) mass is 268 g/mol. The van der Waals surface area contributed by atoms with Crippen molar-refractivity contribution in [1.29, 1.82) is 5.26 Å². The van der Waals surface area contributed by atoms with E-state index in [4.69, 9.17) is 0 Å². The van der Waals surface area contributed by atoms with Gasteiger partial charge in [0.15, 0.2) is 0 Å². The van der Waals surface area contributed by atoms with E-state index in [2.05, 4.69) is 34.9 Å². The van der Waals surface area contributed by atoms with Crippen LogP contribution in [-0.4, -0.2) is 43.1 Å². The number of rotatable bonds is 2. The number of nitrogens with zero attached hydrogens (tertiary/aromatic N) is 3. The fraction of sp³-hybridized carbons (Fsp3) is 0.438. The molecule has 0 spiro atoms. The van der Waals surface area contributed by atoms with Crippen molar-refractivity contribution in [2.24, 2.45) is 0 Å². The SMILES string of the molecule is CN1CCC(N(C)c2[nH]c3ccccc3c2C#N)CC1. The maximum atomic E-state index is 9.49. The van der Waals surface area contributed by atoms with Gasteiger partial charge in [0.1, 0.15) is 17.5 Å². The van der Waals surface area contributed by atoms with Crippen LogP contribution in [0.2, 0.25) is 0 Å². The van der Waals surface area contributed by atoms with Crippen LogP contribution >= 0.6 is 0 Å². The summed E-state index contributed by atoms with van der Waals surface area (Å²) in [6.45, 7) is 2.24. The Morgan fingerprint density at radius 3 is 2.70 bits per heavy atom. The van der Waals surface area contributed by atoms with Gasteiger partial charge in [-0.15, -0.1) is 0 Å². The summed E-state index contributed by atoms with van der Waals surface area (Å²) in [6.07, 6.45) is 2.29. The summed E-state index contributed by atoms with van der Waals surface area (Å²) in [7, 11) is 4.27. The molecule has 1 aliphatic heterocycles. The van der Waals surface area contributed by atoms with E-state index in [0.717, 1.165) is 48.2 Å². The average molecular weight is 268 g/mol. The molecule has 1 saturated heterocycles. The quantitative estimate of drug-likeness (QED) is 0.910. The molecule has 20 heavy (non-hydrogen) atoms. The number of benzene rings is 1. The van der Waals surface area contributed by atoms with Gasteiger partial charge in [-0.3, -0.25) is 0 Å². The zero-order valence-corrected chi connectivity index (χ0v) is 12.1. The lowest BCUT2D eigenvalue weighted by molar-refractivity contribution is 0.252. The molecule has 3 rings (SSSR count). The van der Waals surface area contributed by atoms with Gasteiger partial charge in [0.05, 0.1) is 0 Å². The maximum absolute atomic E-state index is 9.49. The van der Waals surface area contributed by atoms with Gasteiger partial charge in [-0.1, -0.05) is 18.2 Å². The molecule has 0 bridgehead atoms. The molecule has 0 atom stereocenters. The van der Waals surface area contributed by atoms with Gasteiger partial charge in [-0.25, -0.2) is 0 Å². The first-order chi connectivity index (χ1) is 9.70. The third-order valence-electron chi connectivity index (χ3n) is 4.39. The van der Waals surface area contributed by atoms with Crippen molar-refractivity contribution in [3.8, 4) is 6.07 Å². The third kappa shape index (κ3) is 2.14. The summed E-state index contributed by atoms with van der Waals surface area (Å²) >= 11 is 0. The number of piperidine rings is 1. The molecule has 0 radical (unpaired) electrons. The number of para-hydroxylation sites is 1. The number of likely N-dealkylation sites (tertiary alicyclic amines) is 1. The van der Waals surface area contributed by atoms with Crippen LogP contribution in [0.15, 0.2) is 24.3 Å². The number of hydrogen-bond donors (Lipinski definition) is 1. The number of H-pyrrole nitrogens is 1. The first-order valence-electron chi connectivity index (χ1n) is 7.13. The zero-order valence-electron chi connectivity index (χ0n) is 12.1. The Morgan fingerprint density at radius 1 is 1.30 bits per heavy atom. The van der Waals surface area contributed by atoms with E-state index in [1.807, 2.05) is 24.3 Å². The summed E-state index contributed by atoms with van der Waals surface area (Å²) in [4.78, 5) is 8.03. The standard InChI is InChI=1S/C16H20N4/c1-19-9-7-12(8-10-19)20(2)16-14(11-17)13-5-3-4-6-15(13)18-16/h3-6,12,18H,7-10H2,1-2H3. The highest BCUT2D eigenvalue weighted by molar-refractivity contribution is 5.91. The lowest BCUT2D eigenvalue weighted by Crippen LogP contribution is -2.42. The molecule has 1 aromatic heterocycles. The summed E-state index contributed by atoms with van der Waals surface area (Å²) in [5.74, 6) is 0.961. The highest BCUT2D eigenvalue weighted by Gasteiger charge is 2.24. The van der Waals surface area contributed by atoms with Crippen molar-refractivity contribution < 1.29 is 0 Å². The van der Waals surface area contributed by atoms with Crippen LogP contribution in [0.1, 0.15) is 18.4 Å². The average Bonchev–Trinajstić information content (AvgIpc) is 2.85. The molecule has 2 aromatic rings. The molecule has 2 heterocycles. The Morgan fingerprint density at radius 2 is 2.00 bits per heavy atom. The van der Waals surface area contributed by atoms with E-state index in [0.29, 0.717) is 6.04 Å². The Bertz CT molecular complexity index is 644. The smallest absolute Gasteiger partial charge is 0.125 e. The van der Waals surface area contributed by atoms with Crippen molar-refractivity contribution >= 4 is 16.7 Å². The lowest BCUT2D eigenvalue weighted by atomic mass is 10.0. The van der Waals surface area contributed by atoms with Gasteiger partial charge in [0, 0.05) is 24.0 Å². The van der Waals surface area contributed by atoms with E-state index in [1.54, 1.807) is 0 Å². The molecule has 1 N–H and O–H groups in total. The molecular formula is C16H20N4. The molecule has 104 valence electrons. The summed E-state index contributed by atoms with van der Waals surface area (Å²) in [6, 6.07) is 10.9. The third-order valence-corrected chi connectivity index (χ3v) is 4.39. The van der Waals surface area contributed by atoms with Crippen LogP contribution < -0.4 is 4.90 Å². The molecular weight excluding hydrogens is 248 g/mol. The van der Waals surface area contributed by atoms with E-state index in [9.17, 15) is 5.26 Å². The highest BCUT2D eigenvalue weighted by Crippen LogP contribution is 2.30. The first-order valence-corrected chi connectivity index (χ1v) is 7.13. The Balaban J connectivity index is 1.95. The van der Waals surface area contributed by atoms with Crippen LogP contribution in [0.5, 0.6) is 0 Å². The van der Waals surface area contributed by atoms with Gasteiger partial charge >= 0.3 is 0 Å². The predicted molar refractivity (Wildman–Crippen MR) is 81.9 cm³/mol. The molecule has 1 aromatic carbocycles. The molecule has 0 aliphatic carbocycles. The summed E-state index contributed by atoms with van der Waals surface area (Å²) in [5.41, 5.74) is 1.81. The molecule has 4 heteroatoms. The van der Waals surface area contributed by atoms with Crippen LogP contribution in [0.3, 0.4) is 0 Å². The van der Waals surface area contributed by atoms with Crippen LogP contribution in [0.4, 0.5) is 5.82 Å². The van der Waals surface area contributed by atoms with E-state index in [1.165, 1.54) is 0 Å². The minimum Gasteiger partial charge on any atom is -0.357 e. The van der Waals surface area contributed by atoms with Crippen molar-refractivity contribution in [2.75, 3.05) is 32.1 Å². The number of aromatic amines is 1. The molecule has 4 nitrogen and oxygen atoms in total. The van der Waals surface area contributed by atoms with Crippen molar-refractivity contribution in [1.82, 2.24) is 9.88 Å². The van der Waals surface area contributed by atoms with Gasteiger partial charge in [0.25, 0.3) is 0 Å². The number of nitriles is 1. The number of aromatic nitrogens is 1. The summed E-state index contributed by atoms with van der Waals surface area (Å²) in [5, 5.41) is 10.5. The van der Waals surface area contributed by atoms with Gasteiger partial charge in [-0.2, -0.15) is 5.26 Å². The number of nitrogens with one attached hydrogen (secondary N) is 1. The largest absolute Gasteiger partial charge is 0.357 e. The molecule has 0 saturated carbocycles.